The van der Waals surface area contributed by atoms with Gasteiger partial charge in [-0.15, -0.1) is 11.8 Å². The molecule has 1 amide bonds. The number of aromatic nitrogens is 2. The summed E-state index contributed by atoms with van der Waals surface area (Å²) in [4.78, 5) is 22.5. The Morgan fingerprint density at radius 3 is 2.54 bits per heavy atom. The van der Waals surface area contributed by atoms with E-state index in [1.54, 1.807) is 13.8 Å². The second-order valence-corrected chi connectivity index (χ2v) is 6.42. The standard InChI is InChI=1S/C14H20F3N3O3S/c1-8(13(23)18-4-5-24-6-11(21)22)12-9(2)19-20(10(12)3)7-14(15,16)17/h8H,4-7H2,1-3H3,(H,18,23)(H,21,22). The lowest BCUT2D eigenvalue weighted by Gasteiger charge is -2.13. The highest BCUT2D eigenvalue weighted by atomic mass is 32.2. The number of rotatable bonds is 8. The number of alkyl halides is 3. The van der Waals surface area contributed by atoms with Crippen LogP contribution in [0.25, 0.3) is 0 Å². The van der Waals surface area contributed by atoms with E-state index in [0.29, 0.717) is 22.7 Å². The third-order valence-electron chi connectivity index (χ3n) is 3.36. The van der Waals surface area contributed by atoms with Gasteiger partial charge in [-0.2, -0.15) is 18.3 Å². The van der Waals surface area contributed by atoms with Crippen LogP contribution < -0.4 is 5.32 Å². The maximum absolute atomic E-state index is 12.5. The largest absolute Gasteiger partial charge is 0.481 e. The fraction of sp³-hybridized carbons (Fsp3) is 0.643. The molecule has 1 heterocycles. The van der Waals surface area contributed by atoms with Crippen molar-refractivity contribution in [1.82, 2.24) is 15.1 Å². The van der Waals surface area contributed by atoms with Crippen molar-refractivity contribution in [3.8, 4) is 0 Å². The van der Waals surface area contributed by atoms with E-state index in [1.807, 2.05) is 0 Å². The summed E-state index contributed by atoms with van der Waals surface area (Å²) < 4.78 is 38.5. The summed E-state index contributed by atoms with van der Waals surface area (Å²) in [6.07, 6.45) is -4.38. The number of carbonyl (C=O) groups excluding carboxylic acids is 1. The molecule has 1 unspecified atom stereocenters. The molecule has 0 aliphatic carbocycles. The monoisotopic (exact) mass is 367 g/mol. The van der Waals surface area contributed by atoms with Crippen LogP contribution in [0.1, 0.15) is 29.8 Å². The third kappa shape index (κ3) is 6.06. The maximum atomic E-state index is 12.5. The van der Waals surface area contributed by atoms with Gasteiger partial charge in [-0.05, 0) is 20.8 Å². The highest BCUT2D eigenvalue weighted by Gasteiger charge is 2.31. The predicted molar refractivity (Wildman–Crippen MR) is 84.1 cm³/mol. The van der Waals surface area contributed by atoms with E-state index in [2.05, 4.69) is 10.4 Å². The number of thioether (sulfide) groups is 1. The molecule has 1 rings (SSSR count). The van der Waals surface area contributed by atoms with Gasteiger partial charge in [0.1, 0.15) is 6.54 Å². The minimum atomic E-state index is -4.38. The Kier molecular flexibility index (Phi) is 7.12. The van der Waals surface area contributed by atoms with Crippen LogP contribution in [-0.2, 0) is 16.1 Å². The topological polar surface area (TPSA) is 84.2 Å². The van der Waals surface area contributed by atoms with Crippen LogP contribution in [0.15, 0.2) is 0 Å². The van der Waals surface area contributed by atoms with Crippen LogP contribution in [-0.4, -0.2) is 51.0 Å². The minimum Gasteiger partial charge on any atom is -0.481 e. The Bertz CT molecular complexity index is 602. The van der Waals surface area contributed by atoms with Crippen molar-refractivity contribution in [2.45, 2.75) is 39.4 Å². The van der Waals surface area contributed by atoms with Gasteiger partial charge in [-0.3, -0.25) is 14.3 Å². The fourth-order valence-electron chi connectivity index (χ4n) is 2.35. The number of carboxylic acids is 1. The smallest absolute Gasteiger partial charge is 0.408 e. The predicted octanol–water partition coefficient (Wildman–Crippen LogP) is 2.10. The van der Waals surface area contributed by atoms with Crippen molar-refractivity contribution < 1.29 is 27.9 Å². The minimum absolute atomic E-state index is 0.0478. The normalized spacial score (nSPS) is 12.9. The van der Waals surface area contributed by atoms with Crippen molar-refractivity contribution in [2.75, 3.05) is 18.1 Å². The number of nitrogens with one attached hydrogen (secondary N) is 1. The number of aryl methyl sites for hydroxylation is 1. The molecule has 1 atom stereocenters. The first-order chi connectivity index (χ1) is 11.0. The van der Waals surface area contributed by atoms with Crippen molar-refractivity contribution >= 4 is 23.6 Å². The van der Waals surface area contributed by atoms with Crippen LogP contribution >= 0.6 is 11.8 Å². The van der Waals surface area contributed by atoms with Gasteiger partial charge in [0.25, 0.3) is 0 Å². The van der Waals surface area contributed by atoms with Gasteiger partial charge in [-0.25, -0.2) is 0 Å². The highest BCUT2D eigenvalue weighted by molar-refractivity contribution is 7.99. The average Bonchev–Trinajstić information content (AvgIpc) is 2.69. The van der Waals surface area contributed by atoms with Gasteiger partial charge >= 0.3 is 12.1 Å². The Balaban J connectivity index is 2.68. The molecule has 0 aliphatic heterocycles. The number of nitrogens with zero attached hydrogens (tertiary/aromatic N) is 2. The molecular weight excluding hydrogens is 347 g/mol. The van der Waals surface area contributed by atoms with E-state index < -0.39 is 24.6 Å². The number of carboxylic acid groups (broad SMARTS) is 1. The summed E-state index contributed by atoms with van der Waals surface area (Å²) in [7, 11) is 0. The molecule has 0 spiro atoms. The molecule has 24 heavy (non-hydrogen) atoms. The van der Waals surface area contributed by atoms with Crippen molar-refractivity contribution in [3.63, 3.8) is 0 Å². The van der Waals surface area contributed by atoms with Gasteiger partial charge in [-0.1, -0.05) is 0 Å². The number of hydrogen-bond donors (Lipinski definition) is 2. The second kappa shape index (κ2) is 8.41. The summed E-state index contributed by atoms with van der Waals surface area (Å²) >= 11 is 1.17. The number of halogens is 3. The Hall–Kier alpha value is -1.71. The molecule has 0 saturated heterocycles. The zero-order chi connectivity index (χ0) is 18.5. The zero-order valence-corrected chi connectivity index (χ0v) is 14.4. The number of carbonyl (C=O) groups is 2. The van der Waals surface area contributed by atoms with Gasteiger partial charge in [0.15, 0.2) is 0 Å². The van der Waals surface area contributed by atoms with Crippen LogP contribution in [0.5, 0.6) is 0 Å². The van der Waals surface area contributed by atoms with Crippen LogP contribution in [0, 0.1) is 13.8 Å². The van der Waals surface area contributed by atoms with E-state index in [9.17, 15) is 22.8 Å². The Morgan fingerprint density at radius 1 is 1.38 bits per heavy atom. The van der Waals surface area contributed by atoms with Crippen LogP contribution in [0.2, 0.25) is 0 Å². The first-order valence-electron chi connectivity index (χ1n) is 7.20. The maximum Gasteiger partial charge on any atom is 0.408 e. The molecule has 0 fully saturated rings. The summed E-state index contributed by atoms with van der Waals surface area (Å²) in [6.45, 7) is 3.78. The molecule has 10 heteroatoms. The lowest BCUT2D eigenvalue weighted by molar-refractivity contribution is -0.143. The molecule has 0 saturated carbocycles. The highest BCUT2D eigenvalue weighted by Crippen LogP contribution is 2.26. The lowest BCUT2D eigenvalue weighted by atomic mass is 9.98. The zero-order valence-electron chi connectivity index (χ0n) is 13.6. The van der Waals surface area contributed by atoms with E-state index >= 15 is 0 Å². The first-order valence-corrected chi connectivity index (χ1v) is 8.36. The molecule has 0 bridgehead atoms. The lowest BCUT2D eigenvalue weighted by Crippen LogP contribution is -2.30. The molecule has 0 aromatic carbocycles. The number of aliphatic carboxylic acids is 1. The molecule has 2 N–H and O–H groups in total. The molecule has 1 aromatic rings. The van der Waals surface area contributed by atoms with Crippen molar-refractivity contribution in [1.29, 1.82) is 0 Å². The van der Waals surface area contributed by atoms with E-state index in [1.165, 1.54) is 18.7 Å². The van der Waals surface area contributed by atoms with Gasteiger partial charge in [0.05, 0.1) is 17.4 Å². The SMILES string of the molecule is Cc1nn(CC(F)(F)F)c(C)c1C(C)C(=O)NCCSCC(=O)O. The van der Waals surface area contributed by atoms with Crippen LogP contribution in [0.4, 0.5) is 13.2 Å². The number of hydrogen-bond acceptors (Lipinski definition) is 4. The van der Waals surface area contributed by atoms with Gasteiger partial charge in [0.2, 0.25) is 5.91 Å². The Morgan fingerprint density at radius 2 is 2.00 bits per heavy atom. The fourth-order valence-corrected chi connectivity index (χ4v) is 2.92. The van der Waals surface area contributed by atoms with E-state index in [0.717, 1.165) is 4.68 Å². The Labute approximate surface area is 141 Å². The van der Waals surface area contributed by atoms with Gasteiger partial charge < -0.3 is 10.4 Å². The van der Waals surface area contributed by atoms with E-state index in [-0.39, 0.29) is 18.2 Å². The van der Waals surface area contributed by atoms with Crippen molar-refractivity contribution in [3.05, 3.63) is 17.0 Å². The van der Waals surface area contributed by atoms with Crippen LogP contribution in [0.3, 0.4) is 0 Å². The first kappa shape index (κ1) is 20.3. The third-order valence-corrected chi connectivity index (χ3v) is 4.31. The summed E-state index contributed by atoms with van der Waals surface area (Å²) in [5, 5.41) is 15.0. The van der Waals surface area contributed by atoms with Gasteiger partial charge in [0, 0.05) is 23.6 Å². The molecular formula is C14H20F3N3O3S. The summed E-state index contributed by atoms with van der Waals surface area (Å²) in [5.74, 6) is -1.51. The molecule has 1 aromatic heterocycles. The summed E-state index contributed by atoms with van der Waals surface area (Å²) in [6, 6.07) is 0. The second-order valence-electron chi connectivity index (χ2n) is 5.32. The quantitative estimate of drug-likeness (QED) is 0.688. The molecule has 0 radical (unpaired) electrons. The average molecular weight is 367 g/mol. The number of amides is 1. The molecule has 0 aliphatic rings. The molecule has 136 valence electrons. The molecule has 6 nitrogen and oxygen atoms in total. The van der Waals surface area contributed by atoms with Crippen molar-refractivity contribution in [2.24, 2.45) is 0 Å². The summed E-state index contributed by atoms with van der Waals surface area (Å²) in [5.41, 5.74) is 1.18. The van der Waals surface area contributed by atoms with E-state index in [4.69, 9.17) is 5.11 Å².